The van der Waals surface area contributed by atoms with E-state index in [1.165, 1.54) is 0 Å². The molecule has 1 fully saturated rings. The van der Waals surface area contributed by atoms with Crippen LogP contribution in [0, 0.1) is 11.8 Å². The Kier molecular flexibility index (Phi) is 19.3. The Morgan fingerprint density at radius 3 is 1.85 bits per heavy atom. The third-order valence-corrected chi connectivity index (χ3v) is 10.7. The van der Waals surface area contributed by atoms with Crippen LogP contribution in [-0.4, -0.2) is 77.0 Å². The number of amides is 5. The maximum absolute atomic E-state index is 14.1. The van der Waals surface area contributed by atoms with Crippen molar-refractivity contribution in [3.63, 3.8) is 0 Å². The molecule has 4 rings (SSSR count). The van der Waals surface area contributed by atoms with E-state index in [2.05, 4.69) is 26.6 Å². The standard InChI is InChI=1S/C47H59N5O10/c1-4-17-36(42(55)45(58)48-28-39(54)52-41(34-24-15-8-16-25-34)47(61)62-29-31-18-9-5-10-19-31)49-43(56)37(26-30(2)3)50-44(57)40(33-22-13-7-14-23-33)51-38(53)27-35(46(59)60)32-20-11-6-12-21-32/h5-6,8-12,15-16,18-21,24-25,30,33,35-37,40-41H,4,7,13-14,17,22-23,26-29H2,1-3H3,(H,48,58)(H,49,56)(H,50,57)(H,51,53)(H,52,54)(H,59,60)/t35?,36?,37-,40-,41-/m0/s1. The highest BCUT2D eigenvalue weighted by Gasteiger charge is 2.36. The minimum absolute atomic E-state index is 0.0296. The Balaban J connectivity index is 1.40. The number of aliphatic carboxylic acids is 1. The second-order valence-electron chi connectivity index (χ2n) is 16.0. The summed E-state index contributed by atoms with van der Waals surface area (Å²) in [5, 5.41) is 23.0. The lowest BCUT2D eigenvalue weighted by Crippen LogP contribution is -2.58. The molecule has 0 aliphatic heterocycles. The minimum Gasteiger partial charge on any atom is -0.481 e. The lowest BCUT2D eigenvalue weighted by atomic mass is 9.83. The molecule has 15 nitrogen and oxygen atoms in total. The summed E-state index contributed by atoms with van der Waals surface area (Å²) in [4.78, 5) is 106. The molecule has 0 spiro atoms. The summed E-state index contributed by atoms with van der Waals surface area (Å²) < 4.78 is 5.47. The Hall–Kier alpha value is -6.38. The van der Waals surface area contributed by atoms with E-state index in [0.717, 1.165) is 24.8 Å². The molecule has 332 valence electrons. The van der Waals surface area contributed by atoms with E-state index in [0.29, 0.717) is 30.4 Å². The molecule has 1 aliphatic carbocycles. The van der Waals surface area contributed by atoms with Crippen LogP contribution >= 0.6 is 0 Å². The van der Waals surface area contributed by atoms with Gasteiger partial charge in [-0.3, -0.25) is 33.6 Å². The van der Waals surface area contributed by atoms with Crippen molar-refractivity contribution in [2.75, 3.05) is 6.54 Å². The van der Waals surface area contributed by atoms with Gasteiger partial charge in [-0.2, -0.15) is 0 Å². The number of nitrogens with one attached hydrogen (secondary N) is 5. The summed E-state index contributed by atoms with van der Waals surface area (Å²) in [7, 11) is 0. The van der Waals surface area contributed by atoms with Crippen LogP contribution in [0.3, 0.4) is 0 Å². The zero-order chi connectivity index (χ0) is 45.0. The summed E-state index contributed by atoms with van der Waals surface area (Å²) in [5.74, 6) is -8.27. The molecular formula is C47H59N5O10. The molecule has 1 aliphatic rings. The fourth-order valence-electron chi connectivity index (χ4n) is 7.46. The van der Waals surface area contributed by atoms with Crippen molar-refractivity contribution in [3.8, 4) is 0 Å². The van der Waals surface area contributed by atoms with Gasteiger partial charge in [-0.25, -0.2) is 4.79 Å². The molecule has 0 bridgehead atoms. The van der Waals surface area contributed by atoms with Crippen LogP contribution in [0.5, 0.6) is 0 Å². The van der Waals surface area contributed by atoms with Gasteiger partial charge in [0.25, 0.3) is 5.91 Å². The van der Waals surface area contributed by atoms with Gasteiger partial charge in [0.05, 0.1) is 18.5 Å². The maximum Gasteiger partial charge on any atom is 0.333 e. The van der Waals surface area contributed by atoms with Gasteiger partial charge < -0.3 is 36.4 Å². The first-order chi connectivity index (χ1) is 29.8. The Morgan fingerprint density at radius 1 is 0.694 bits per heavy atom. The van der Waals surface area contributed by atoms with Gasteiger partial charge in [0.1, 0.15) is 18.7 Å². The highest BCUT2D eigenvalue weighted by Crippen LogP contribution is 2.28. The molecule has 2 unspecified atom stereocenters. The zero-order valence-corrected chi connectivity index (χ0v) is 35.6. The van der Waals surface area contributed by atoms with E-state index >= 15 is 0 Å². The van der Waals surface area contributed by atoms with Crippen molar-refractivity contribution < 1.29 is 48.2 Å². The molecule has 0 radical (unpaired) electrons. The van der Waals surface area contributed by atoms with E-state index in [9.17, 15) is 43.5 Å². The van der Waals surface area contributed by atoms with E-state index in [-0.39, 0.29) is 31.3 Å². The van der Waals surface area contributed by atoms with Gasteiger partial charge in [0.15, 0.2) is 6.04 Å². The van der Waals surface area contributed by atoms with Gasteiger partial charge in [-0.1, -0.05) is 137 Å². The monoisotopic (exact) mass is 853 g/mol. The summed E-state index contributed by atoms with van der Waals surface area (Å²) >= 11 is 0. The number of ether oxygens (including phenoxy) is 1. The van der Waals surface area contributed by atoms with Gasteiger partial charge in [0.2, 0.25) is 29.4 Å². The largest absolute Gasteiger partial charge is 0.481 e. The van der Waals surface area contributed by atoms with Crippen molar-refractivity contribution >= 4 is 47.3 Å². The molecule has 5 amide bonds. The number of carbonyl (C=O) groups is 8. The number of Topliss-reactive ketones (excluding diaryl/α,β-unsaturated/α-hetero) is 1. The number of hydrogen-bond acceptors (Lipinski definition) is 9. The molecular weight excluding hydrogens is 795 g/mol. The fourth-order valence-corrected chi connectivity index (χ4v) is 7.46. The first kappa shape index (κ1) is 48.3. The molecule has 62 heavy (non-hydrogen) atoms. The Labute approximate surface area is 362 Å². The minimum atomic E-state index is -1.30. The third-order valence-electron chi connectivity index (χ3n) is 10.7. The van der Waals surface area contributed by atoms with Crippen molar-refractivity contribution in [3.05, 3.63) is 108 Å². The average molecular weight is 854 g/mol. The summed E-state index contributed by atoms with van der Waals surface area (Å²) in [6, 6.07) is 21.1. The molecule has 3 aromatic rings. The SMILES string of the molecule is CCCC(NC(=O)[C@H](CC(C)C)NC(=O)[C@@H](NC(=O)CC(C(=O)O)c1ccccc1)C1CCCCC1)C(=O)C(=O)NCC(=O)N[C@H](C(=O)OCc1ccccc1)c1ccccc1. The van der Waals surface area contributed by atoms with Crippen molar-refractivity contribution in [2.24, 2.45) is 11.8 Å². The van der Waals surface area contributed by atoms with Crippen molar-refractivity contribution in [2.45, 2.75) is 115 Å². The lowest BCUT2D eigenvalue weighted by molar-refractivity contribution is -0.149. The van der Waals surface area contributed by atoms with E-state index in [1.54, 1.807) is 91.9 Å². The fraction of sp³-hybridized carbons (Fsp3) is 0.447. The predicted octanol–water partition coefficient (Wildman–Crippen LogP) is 4.41. The van der Waals surface area contributed by atoms with Crippen LogP contribution < -0.4 is 26.6 Å². The van der Waals surface area contributed by atoms with Crippen LogP contribution in [0.1, 0.15) is 107 Å². The van der Waals surface area contributed by atoms with Gasteiger partial charge >= 0.3 is 11.9 Å². The molecule has 0 saturated heterocycles. The molecule has 0 aromatic heterocycles. The molecule has 0 heterocycles. The van der Waals surface area contributed by atoms with E-state index in [4.69, 9.17) is 4.74 Å². The Bertz CT molecular complexity index is 1970. The van der Waals surface area contributed by atoms with Crippen LogP contribution in [-0.2, 0) is 49.7 Å². The first-order valence-corrected chi connectivity index (χ1v) is 21.3. The topological polar surface area (TPSA) is 226 Å². The number of carboxylic acids is 1. The van der Waals surface area contributed by atoms with Gasteiger partial charge in [0, 0.05) is 6.42 Å². The number of hydrogen-bond donors (Lipinski definition) is 6. The molecule has 5 atom stereocenters. The molecule has 1 saturated carbocycles. The second kappa shape index (κ2) is 24.8. The first-order valence-electron chi connectivity index (χ1n) is 21.3. The third kappa shape index (κ3) is 15.3. The lowest BCUT2D eigenvalue weighted by Gasteiger charge is -2.32. The highest BCUT2D eigenvalue weighted by molar-refractivity contribution is 6.38. The van der Waals surface area contributed by atoms with Crippen LogP contribution in [0.4, 0.5) is 0 Å². The normalized spacial score (nSPS) is 15.1. The van der Waals surface area contributed by atoms with Crippen molar-refractivity contribution in [1.82, 2.24) is 26.6 Å². The number of esters is 1. The summed E-state index contributed by atoms with van der Waals surface area (Å²) in [5.41, 5.74) is 1.64. The quantitative estimate of drug-likeness (QED) is 0.0582. The number of rotatable bonds is 23. The number of ketones is 1. The molecule has 6 N–H and O–H groups in total. The van der Waals surface area contributed by atoms with Gasteiger partial charge in [-0.05, 0) is 54.2 Å². The Morgan fingerprint density at radius 2 is 1.27 bits per heavy atom. The summed E-state index contributed by atoms with van der Waals surface area (Å²) in [6.45, 7) is 4.77. The number of carboxylic acid groups (broad SMARTS) is 1. The molecule has 15 heteroatoms. The average Bonchev–Trinajstić information content (AvgIpc) is 3.27. The smallest absolute Gasteiger partial charge is 0.333 e. The number of carbonyl (C=O) groups excluding carboxylic acids is 7. The van der Waals surface area contributed by atoms with Gasteiger partial charge in [-0.15, -0.1) is 0 Å². The van der Waals surface area contributed by atoms with E-state index in [1.807, 2.05) is 19.9 Å². The zero-order valence-electron chi connectivity index (χ0n) is 35.6. The second-order valence-corrected chi connectivity index (χ2v) is 16.0. The van der Waals surface area contributed by atoms with Crippen molar-refractivity contribution in [1.29, 1.82) is 0 Å². The van der Waals surface area contributed by atoms with Crippen LogP contribution in [0.25, 0.3) is 0 Å². The van der Waals surface area contributed by atoms with Crippen LogP contribution in [0.2, 0.25) is 0 Å². The van der Waals surface area contributed by atoms with Crippen LogP contribution in [0.15, 0.2) is 91.0 Å². The number of benzene rings is 3. The summed E-state index contributed by atoms with van der Waals surface area (Å²) in [6.07, 6.45) is 4.16. The van der Waals surface area contributed by atoms with E-state index < -0.39 is 90.3 Å². The molecule has 3 aromatic carbocycles. The predicted molar refractivity (Wildman–Crippen MR) is 230 cm³/mol. The maximum atomic E-state index is 14.1. The highest BCUT2D eigenvalue weighted by atomic mass is 16.5.